The topological polar surface area (TPSA) is 72.1 Å². The fraction of sp³-hybridized carbons (Fsp3) is 0.350. The molecule has 0 saturated carbocycles. The summed E-state index contributed by atoms with van der Waals surface area (Å²) in [5.41, 5.74) is 10.7. The highest BCUT2D eigenvalue weighted by Gasteiger charge is 2.13. The lowest BCUT2D eigenvalue weighted by molar-refractivity contribution is 0.355. The lowest BCUT2D eigenvalue weighted by Crippen LogP contribution is -2.24. The first-order chi connectivity index (χ1) is 12.6. The monoisotopic (exact) mass is 482 g/mol. The average molecular weight is 482 g/mol. The molecule has 2 aromatic carbocycles. The first-order valence-corrected chi connectivity index (χ1v) is 8.72. The molecule has 146 valence electrons. The first kappa shape index (κ1) is 21.1. The summed E-state index contributed by atoms with van der Waals surface area (Å²) in [6, 6.07) is 12.1. The number of ether oxygens (including phenoxy) is 2. The van der Waals surface area contributed by atoms with E-state index in [2.05, 4.69) is 40.5 Å². The van der Waals surface area contributed by atoms with E-state index in [0.29, 0.717) is 24.0 Å². The number of fused-ring (bicyclic) bond motifs is 1. The molecule has 0 atom stereocenters. The van der Waals surface area contributed by atoms with Gasteiger partial charge in [-0.3, -0.25) is 0 Å². The number of benzene rings is 2. The second-order valence-electron chi connectivity index (χ2n) is 6.38. The van der Waals surface area contributed by atoms with Crippen LogP contribution in [0.5, 0.6) is 11.5 Å². The Morgan fingerprint density at radius 2 is 1.93 bits per heavy atom. The Hall–Kier alpha value is -2.16. The first-order valence-electron chi connectivity index (χ1n) is 8.72. The van der Waals surface area contributed by atoms with Crippen LogP contribution >= 0.6 is 24.0 Å². The highest BCUT2D eigenvalue weighted by Crippen LogP contribution is 2.30. The van der Waals surface area contributed by atoms with Gasteiger partial charge in [0.25, 0.3) is 0 Å². The largest absolute Gasteiger partial charge is 0.493 e. The van der Waals surface area contributed by atoms with Crippen molar-refractivity contribution in [3.8, 4) is 11.5 Å². The van der Waals surface area contributed by atoms with E-state index in [1.54, 1.807) is 14.2 Å². The van der Waals surface area contributed by atoms with E-state index in [1.807, 2.05) is 18.2 Å². The minimum atomic E-state index is 0. The summed E-state index contributed by atoms with van der Waals surface area (Å²) < 4.78 is 10.5. The molecule has 3 rings (SSSR count). The maximum atomic E-state index is 6.03. The number of aryl methyl sites for hydroxylation is 1. The normalized spacial score (nSPS) is 13.4. The number of nitrogens with one attached hydrogen (secondary N) is 1. The van der Waals surface area contributed by atoms with E-state index in [0.717, 1.165) is 24.2 Å². The van der Waals surface area contributed by atoms with Gasteiger partial charge >= 0.3 is 0 Å². The summed E-state index contributed by atoms with van der Waals surface area (Å²) in [6.07, 6.45) is 2.32. The Morgan fingerprint density at radius 1 is 1.15 bits per heavy atom. The Morgan fingerprint density at radius 3 is 2.67 bits per heavy atom. The molecule has 2 aromatic rings. The van der Waals surface area contributed by atoms with Crippen molar-refractivity contribution in [2.45, 2.75) is 19.4 Å². The van der Waals surface area contributed by atoms with Crippen molar-refractivity contribution in [3.63, 3.8) is 0 Å². The molecule has 1 aliphatic rings. The van der Waals surface area contributed by atoms with Gasteiger partial charge in [0.05, 0.1) is 20.8 Å². The molecule has 0 aliphatic carbocycles. The van der Waals surface area contributed by atoms with Crippen LogP contribution in [0.3, 0.4) is 0 Å². The lowest BCUT2D eigenvalue weighted by atomic mass is 10.00. The molecular formula is C20H27IN4O2. The molecule has 0 radical (unpaired) electrons. The Kier molecular flexibility index (Phi) is 7.58. The van der Waals surface area contributed by atoms with Gasteiger partial charge in [-0.05, 0) is 42.2 Å². The number of halogens is 1. The van der Waals surface area contributed by atoms with E-state index in [1.165, 1.54) is 17.7 Å². The summed E-state index contributed by atoms with van der Waals surface area (Å²) >= 11 is 0. The number of nitrogens with zero attached hydrogens (tertiary/aromatic N) is 2. The number of anilines is 2. The van der Waals surface area contributed by atoms with Gasteiger partial charge in [0.2, 0.25) is 0 Å². The average Bonchev–Trinajstić information content (AvgIpc) is 2.66. The predicted octanol–water partition coefficient (Wildman–Crippen LogP) is 3.63. The van der Waals surface area contributed by atoms with Crippen molar-refractivity contribution in [2.75, 3.05) is 38.0 Å². The van der Waals surface area contributed by atoms with Gasteiger partial charge in [-0.1, -0.05) is 12.1 Å². The Bertz CT molecular complexity index is 811. The smallest absolute Gasteiger partial charge is 0.193 e. The molecule has 0 fully saturated rings. The summed E-state index contributed by atoms with van der Waals surface area (Å²) in [7, 11) is 5.35. The molecule has 7 heteroatoms. The molecule has 1 heterocycles. The van der Waals surface area contributed by atoms with E-state index in [9.17, 15) is 0 Å². The zero-order chi connectivity index (χ0) is 18.5. The van der Waals surface area contributed by atoms with Gasteiger partial charge < -0.3 is 25.4 Å². The van der Waals surface area contributed by atoms with Gasteiger partial charge in [-0.25, -0.2) is 4.99 Å². The van der Waals surface area contributed by atoms with E-state index in [-0.39, 0.29) is 24.0 Å². The van der Waals surface area contributed by atoms with Crippen molar-refractivity contribution in [1.82, 2.24) is 0 Å². The fourth-order valence-electron chi connectivity index (χ4n) is 3.21. The summed E-state index contributed by atoms with van der Waals surface area (Å²) in [4.78, 5) is 6.76. The van der Waals surface area contributed by atoms with Crippen LogP contribution in [-0.4, -0.2) is 33.8 Å². The number of rotatable bonds is 5. The van der Waals surface area contributed by atoms with Crippen LogP contribution in [0.2, 0.25) is 0 Å². The van der Waals surface area contributed by atoms with Gasteiger partial charge in [0, 0.05) is 31.0 Å². The summed E-state index contributed by atoms with van der Waals surface area (Å²) in [5.74, 6) is 1.68. The van der Waals surface area contributed by atoms with E-state index in [4.69, 9.17) is 15.2 Å². The molecule has 0 unspecified atom stereocenters. The molecule has 0 spiro atoms. The van der Waals surface area contributed by atoms with E-state index >= 15 is 0 Å². The lowest BCUT2D eigenvalue weighted by Gasteiger charge is -2.27. The molecule has 3 N–H and O–H groups in total. The number of aliphatic imine (C=N–C) groups is 1. The third-order valence-corrected chi connectivity index (χ3v) is 4.58. The van der Waals surface area contributed by atoms with Gasteiger partial charge in [0.15, 0.2) is 17.5 Å². The fourth-order valence-corrected chi connectivity index (χ4v) is 3.21. The van der Waals surface area contributed by atoms with Gasteiger partial charge in [-0.15, -0.1) is 24.0 Å². The third kappa shape index (κ3) is 5.18. The van der Waals surface area contributed by atoms with Crippen LogP contribution in [-0.2, 0) is 13.0 Å². The Balaban J connectivity index is 0.00000261. The van der Waals surface area contributed by atoms with Crippen molar-refractivity contribution in [3.05, 3.63) is 47.5 Å². The van der Waals surface area contributed by atoms with Crippen molar-refractivity contribution < 1.29 is 9.47 Å². The second kappa shape index (κ2) is 9.68. The van der Waals surface area contributed by atoms with Gasteiger partial charge in [-0.2, -0.15) is 0 Å². The number of methoxy groups -OCH3 is 2. The maximum absolute atomic E-state index is 6.03. The number of hydrogen-bond donors (Lipinski definition) is 2. The highest BCUT2D eigenvalue weighted by molar-refractivity contribution is 14.0. The van der Waals surface area contributed by atoms with Crippen LogP contribution in [0, 0.1) is 0 Å². The maximum Gasteiger partial charge on any atom is 0.193 e. The summed E-state index contributed by atoms with van der Waals surface area (Å²) in [5, 5.41) is 3.09. The van der Waals surface area contributed by atoms with Crippen LogP contribution in [0.15, 0.2) is 41.4 Å². The second-order valence-corrected chi connectivity index (χ2v) is 6.38. The number of nitrogens with two attached hydrogens (primary N) is 1. The molecule has 6 nitrogen and oxygen atoms in total. The minimum absolute atomic E-state index is 0. The predicted molar refractivity (Wildman–Crippen MR) is 122 cm³/mol. The van der Waals surface area contributed by atoms with Gasteiger partial charge in [0.1, 0.15) is 0 Å². The van der Waals surface area contributed by atoms with Crippen LogP contribution < -0.4 is 25.4 Å². The van der Waals surface area contributed by atoms with Crippen LogP contribution in [0.1, 0.15) is 17.5 Å². The van der Waals surface area contributed by atoms with Crippen LogP contribution in [0.4, 0.5) is 11.4 Å². The van der Waals surface area contributed by atoms with Crippen LogP contribution in [0.25, 0.3) is 0 Å². The van der Waals surface area contributed by atoms with Crippen molar-refractivity contribution in [1.29, 1.82) is 0 Å². The third-order valence-electron chi connectivity index (χ3n) is 4.58. The van der Waals surface area contributed by atoms with E-state index < -0.39 is 0 Å². The molecule has 1 aliphatic heterocycles. The number of guanidine groups is 1. The molecule has 0 saturated heterocycles. The van der Waals surface area contributed by atoms with Crippen molar-refractivity contribution in [2.24, 2.45) is 10.7 Å². The van der Waals surface area contributed by atoms with Crippen molar-refractivity contribution >= 4 is 41.3 Å². The number of hydrogen-bond acceptors (Lipinski definition) is 4. The quantitative estimate of drug-likeness (QED) is 0.387. The summed E-state index contributed by atoms with van der Waals surface area (Å²) in [6.45, 7) is 1.66. The molecule has 0 amide bonds. The zero-order valence-electron chi connectivity index (χ0n) is 16.0. The minimum Gasteiger partial charge on any atom is -0.493 e. The zero-order valence-corrected chi connectivity index (χ0v) is 18.3. The standard InChI is InChI=1S/C20H26N4O2.HI/c1-24-10-4-5-15-11-14(6-8-17(15)24)13-22-20(21)23-16-7-9-18(25-2)19(12-16)26-3;/h6-9,11-12H,4-5,10,13H2,1-3H3,(H3,21,22,23);1H. The SMILES string of the molecule is COc1ccc(NC(N)=NCc2ccc3c(c2)CCCN3C)cc1OC.I. The molecule has 0 bridgehead atoms. The highest BCUT2D eigenvalue weighted by atomic mass is 127. The molecule has 27 heavy (non-hydrogen) atoms. The molecular weight excluding hydrogens is 455 g/mol. The molecule has 0 aromatic heterocycles. The Labute approximate surface area is 177 Å².